The van der Waals surface area contributed by atoms with Crippen molar-refractivity contribution >= 4 is 0 Å². The average Bonchev–Trinajstić information content (AvgIpc) is 2.47. The van der Waals surface area contributed by atoms with Crippen LogP contribution in [0.5, 0.6) is 0 Å². The first kappa shape index (κ1) is 11.1. The van der Waals surface area contributed by atoms with Gasteiger partial charge in [0.15, 0.2) is 0 Å². The highest BCUT2D eigenvalue weighted by Gasteiger charge is 2.04. The van der Waals surface area contributed by atoms with E-state index in [1.54, 1.807) is 4.68 Å². The number of likely N-dealkylation sites (N-methyl/N-ethyl adjacent to an activating group) is 1. The molecule has 1 aromatic heterocycles. The maximum absolute atomic E-state index is 4.00. The van der Waals surface area contributed by atoms with Crippen LogP contribution in [0.2, 0.25) is 0 Å². The van der Waals surface area contributed by atoms with Crippen LogP contribution in [-0.4, -0.2) is 46.6 Å². The molecule has 1 rings (SSSR count). The predicted octanol–water partition coefficient (Wildman–Crippen LogP) is -0.145. The maximum atomic E-state index is 4.00. The first-order chi connectivity index (χ1) is 6.58. The van der Waals surface area contributed by atoms with E-state index in [0.717, 1.165) is 18.8 Å². The van der Waals surface area contributed by atoms with Gasteiger partial charge in [-0.15, -0.1) is 5.10 Å². The van der Waals surface area contributed by atoms with Crippen molar-refractivity contribution in [1.82, 2.24) is 25.2 Å². The predicted molar refractivity (Wildman–Crippen MR) is 55.9 cm³/mol. The molecule has 0 aromatic carbocycles. The number of nitrogens with zero attached hydrogens (tertiary/aromatic N) is 4. The van der Waals surface area contributed by atoms with Crippen LogP contribution in [-0.2, 0) is 13.6 Å². The van der Waals surface area contributed by atoms with Crippen molar-refractivity contribution in [1.29, 1.82) is 0 Å². The number of rotatable bonds is 5. The molecule has 0 radical (unpaired) electrons. The zero-order valence-corrected chi connectivity index (χ0v) is 9.36. The Labute approximate surface area is 85.1 Å². The van der Waals surface area contributed by atoms with E-state index >= 15 is 0 Å². The van der Waals surface area contributed by atoms with E-state index < -0.39 is 0 Å². The van der Waals surface area contributed by atoms with E-state index in [1.807, 2.05) is 13.2 Å². The molecule has 0 saturated heterocycles. The molecule has 0 saturated carbocycles. The van der Waals surface area contributed by atoms with E-state index in [0.29, 0.717) is 6.04 Å². The Morgan fingerprint density at radius 2 is 2.29 bits per heavy atom. The molecular formula is C9H19N5. The van der Waals surface area contributed by atoms with Crippen LogP contribution < -0.4 is 5.32 Å². The van der Waals surface area contributed by atoms with Crippen molar-refractivity contribution in [3.8, 4) is 0 Å². The minimum Gasteiger partial charge on any atom is -0.308 e. The van der Waals surface area contributed by atoms with Gasteiger partial charge in [-0.05, 0) is 21.0 Å². The summed E-state index contributed by atoms with van der Waals surface area (Å²) >= 11 is 0. The second-order valence-electron chi connectivity index (χ2n) is 3.93. The van der Waals surface area contributed by atoms with Gasteiger partial charge < -0.3 is 10.2 Å². The minimum atomic E-state index is 0.465. The second kappa shape index (κ2) is 5.07. The third-order valence-electron chi connectivity index (χ3n) is 1.92. The van der Waals surface area contributed by atoms with Gasteiger partial charge >= 0.3 is 0 Å². The summed E-state index contributed by atoms with van der Waals surface area (Å²) in [4.78, 5) is 2.16. The van der Waals surface area contributed by atoms with E-state index in [-0.39, 0.29) is 0 Å². The van der Waals surface area contributed by atoms with E-state index in [9.17, 15) is 0 Å². The Kier molecular flexibility index (Phi) is 4.03. The van der Waals surface area contributed by atoms with Crippen molar-refractivity contribution in [2.24, 2.45) is 7.05 Å². The fourth-order valence-corrected chi connectivity index (χ4v) is 1.37. The molecule has 1 N–H and O–H groups in total. The molecule has 0 aliphatic rings. The van der Waals surface area contributed by atoms with Gasteiger partial charge in [-0.2, -0.15) is 0 Å². The molecule has 1 heterocycles. The maximum Gasteiger partial charge on any atom is 0.0964 e. The molecule has 5 heteroatoms. The zero-order valence-electron chi connectivity index (χ0n) is 9.36. The lowest BCUT2D eigenvalue weighted by molar-refractivity contribution is 0.348. The molecular weight excluding hydrogens is 178 g/mol. The molecule has 0 spiro atoms. The van der Waals surface area contributed by atoms with Crippen LogP contribution in [0.15, 0.2) is 6.20 Å². The normalized spacial score (nSPS) is 13.5. The largest absolute Gasteiger partial charge is 0.308 e. The molecule has 1 unspecified atom stereocenters. The Balaban J connectivity index is 2.26. The smallest absolute Gasteiger partial charge is 0.0964 e. The minimum absolute atomic E-state index is 0.465. The zero-order chi connectivity index (χ0) is 10.6. The lowest BCUT2D eigenvalue weighted by Crippen LogP contribution is -2.35. The van der Waals surface area contributed by atoms with E-state index in [1.165, 1.54) is 0 Å². The van der Waals surface area contributed by atoms with Crippen molar-refractivity contribution in [3.05, 3.63) is 11.9 Å². The van der Waals surface area contributed by atoms with E-state index in [4.69, 9.17) is 0 Å². The number of aryl methyl sites for hydroxylation is 1. The summed E-state index contributed by atoms with van der Waals surface area (Å²) in [5.74, 6) is 0. The molecule has 80 valence electrons. The molecule has 1 aromatic rings. The molecule has 14 heavy (non-hydrogen) atoms. The van der Waals surface area contributed by atoms with Crippen LogP contribution in [0.25, 0.3) is 0 Å². The highest BCUT2D eigenvalue weighted by atomic mass is 15.4. The van der Waals surface area contributed by atoms with Gasteiger partial charge in [-0.25, -0.2) is 0 Å². The summed E-state index contributed by atoms with van der Waals surface area (Å²) in [7, 11) is 6.01. The van der Waals surface area contributed by atoms with Gasteiger partial charge in [0.05, 0.1) is 5.69 Å². The van der Waals surface area contributed by atoms with Crippen molar-refractivity contribution in [2.75, 3.05) is 20.6 Å². The first-order valence-electron chi connectivity index (χ1n) is 4.81. The molecule has 1 atom stereocenters. The van der Waals surface area contributed by atoms with Gasteiger partial charge in [0.1, 0.15) is 0 Å². The van der Waals surface area contributed by atoms with Crippen LogP contribution >= 0.6 is 0 Å². The molecule has 5 nitrogen and oxygen atoms in total. The summed E-state index contributed by atoms with van der Waals surface area (Å²) < 4.78 is 1.72. The molecule has 0 fully saturated rings. The summed E-state index contributed by atoms with van der Waals surface area (Å²) in [5.41, 5.74) is 0.984. The Hall–Kier alpha value is -0.940. The lowest BCUT2D eigenvalue weighted by atomic mass is 10.3. The van der Waals surface area contributed by atoms with Gasteiger partial charge in [-0.3, -0.25) is 4.68 Å². The number of nitrogens with one attached hydrogen (secondary N) is 1. The topological polar surface area (TPSA) is 46.0 Å². The molecule has 0 aliphatic carbocycles. The third kappa shape index (κ3) is 3.85. The highest BCUT2D eigenvalue weighted by Crippen LogP contribution is 1.92. The van der Waals surface area contributed by atoms with Crippen molar-refractivity contribution < 1.29 is 0 Å². The van der Waals surface area contributed by atoms with Gasteiger partial charge in [0, 0.05) is 32.4 Å². The van der Waals surface area contributed by atoms with Crippen LogP contribution in [0.1, 0.15) is 12.6 Å². The standard InChI is InChI=1S/C9H19N5/c1-8(6-13(2)3)10-5-9-7-14(4)12-11-9/h7-8,10H,5-6H2,1-4H3. The summed E-state index contributed by atoms with van der Waals surface area (Å²) in [6, 6.07) is 0.465. The summed E-state index contributed by atoms with van der Waals surface area (Å²) in [5, 5.41) is 11.3. The van der Waals surface area contributed by atoms with Crippen molar-refractivity contribution in [3.63, 3.8) is 0 Å². The fraction of sp³-hybridized carbons (Fsp3) is 0.778. The molecule has 0 bridgehead atoms. The van der Waals surface area contributed by atoms with Gasteiger partial charge in [0.25, 0.3) is 0 Å². The molecule has 0 aliphatic heterocycles. The first-order valence-corrected chi connectivity index (χ1v) is 4.81. The summed E-state index contributed by atoms with van der Waals surface area (Å²) in [6.07, 6.45) is 1.93. The fourth-order valence-electron chi connectivity index (χ4n) is 1.37. The molecule has 0 amide bonds. The number of hydrogen-bond donors (Lipinski definition) is 1. The summed E-state index contributed by atoms with van der Waals surface area (Å²) in [6.45, 7) is 3.97. The Bertz CT molecular complexity index is 268. The van der Waals surface area contributed by atoms with Crippen LogP contribution in [0.4, 0.5) is 0 Å². The van der Waals surface area contributed by atoms with E-state index in [2.05, 4.69) is 41.5 Å². The monoisotopic (exact) mass is 197 g/mol. The quantitative estimate of drug-likeness (QED) is 0.713. The Morgan fingerprint density at radius 3 is 2.79 bits per heavy atom. The van der Waals surface area contributed by atoms with Crippen LogP contribution in [0.3, 0.4) is 0 Å². The van der Waals surface area contributed by atoms with Gasteiger partial charge in [0.2, 0.25) is 0 Å². The number of hydrogen-bond acceptors (Lipinski definition) is 4. The SMILES string of the molecule is CC(CN(C)C)NCc1cn(C)nn1. The lowest BCUT2D eigenvalue weighted by Gasteiger charge is -2.17. The average molecular weight is 197 g/mol. The highest BCUT2D eigenvalue weighted by molar-refractivity contribution is 4.91. The third-order valence-corrected chi connectivity index (χ3v) is 1.92. The van der Waals surface area contributed by atoms with Crippen LogP contribution in [0, 0.1) is 0 Å². The van der Waals surface area contributed by atoms with Crippen molar-refractivity contribution in [2.45, 2.75) is 19.5 Å². The van der Waals surface area contributed by atoms with Gasteiger partial charge in [-0.1, -0.05) is 5.21 Å². The number of aromatic nitrogens is 3. The Morgan fingerprint density at radius 1 is 1.57 bits per heavy atom. The second-order valence-corrected chi connectivity index (χ2v) is 3.93.